The van der Waals surface area contributed by atoms with Crippen molar-refractivity contribution in [2.24, 2.45) is 0 Å². The third-order valence-electron chi connectivity index (χ3n) is 3.69. The molecule has 0 aromatic heterocycles. The number of carbonyl (C=O) groups excluding carboxylic acids is 1. The average molecular weight is 419 g/mol. The lowest BCUT2D eigenvalue weighted by molar-refractivity contribution is -0.116. The highest BCUT2D eigenvalue weighted by molar-refractivity contribution is 7.92. The molecule has 2 rings (SSSR count). The van der Waals surface area contributed by atoms with Crippen LogP contribution in [0.4, 0.5) is 20.2 Å². The number of hydrogen-bond acceptors (Lipinski definition) is 4. The van der Waals surface area contributed by atoms with E-state index in [4.69, 9.17) is 16.3 Å². The number of anilines is 2. The van der Waals surface area contributed by atoms with Crippen molar-refractivity contribution < 1.29 is 26.7 Å². The summed E-state index contributed by atoms with van der Waals surface area (Å²) in [5.41, 5.74) is -0.560. The Morgan fingerprint density at radius 3 is 2.30 bits per heavy atom. The molecule has 0 fully saturated rings. The van der Waals surface area contributed by atoms with Crippen LogP contribution in [0.3, 0.4) is 0 Å². The first-order chi connectivity index (χ1) is 12.6. The maximum Gasteiger partial charge on any atom is 0.248 e. The largest absolute Gasteiger partial charge is 0.495 e. The van der Waals surface area contributed by atoms with Crippen LogP contribution in [0, 0.1) is 11.6 Å². The van der Waals surface area contributed by atoms with Crippen molar-refractivity contribution in [3.63, 3.8) is 0 Å². The second kappa shape index (κ2) is 8.10. The Morgan fingerprint density at radius 1 is 1.22 bits per heavy atom. The summed E-state index contributed by atoms with van der Waals surface area (Å²) in [6.45, 7) is 1.28. The lowest BCUT2D eigenvalue weighted by atomic mass is 10.2. The summed E-state index contributed by atoms with van der Waals surface area (Å²) in [7, 11) is -2.53. The Balaban J connectivity index is 2.39. The zero-order chi connectivity index (χ0) is 20.4. The van der Waals surface area contributed by atoms with Crippen molar-refractivity contribution in [3.05, 3.63) is 53.1 Å². The van der Waals surface area contributed by atoms with E-state index in [1.807, 2.05) is 0 Å². The summed E-state index contributed by atoms with van der Waals surface area (Å²) in [6, 6.07) is 5.93. The van der Waals surface area contributed by atoms with Gasteiger partial charge in [-0.2, -0.15) is 0 Å². The number of carbonyl (C=O) groups is 1. The first-order valence-electron chi connectivity index (χ1n) is 7.64. The van der Waals surface area contributed by atoms with E-state index >= 15 is 0 Å². The number of sulfonamides is 1. The smallest absolute Gasteiger partial charge is 0.248 e. The number of halogens is 3. The van der Waals surface area contributed by atoms with E-state index < -0.39 is 39.3 Å². The maximum atomic E-state index is 13.8. The van der Waals surface area contributed by atoms with Crippen molar-refractivity contribution in [2.45, 2.75) is 13.0 Å². The number of amides is 1. The fourth-order valence-electron chi connectivity index (χ4n) is 2.45. The standard InChI is InChI=1S/C17H17ClF2N2O4S/c1-10(17(23)21-16-13(19)5-4-6-14(16)20)22(27(3,24)25)11-7-8-15(26-2)12(18)9-11/h4-10H,1-3H3,(H,21,23)/t10-/m1/s1. The molecule has 27 heavy (non-hydrogen) atoms. The summed E-state index contributed by atoms with van der Waals surface area (Å²) in [6.07, 6.45) is 0.901. The van der Waals surface area contributed by atoms with Crippen molar-refractivity contribution in [1.82, 2.24) is 0 Å². The first-order valence-corrected chi connectivity index (χ1v) is 9.86. The lowest BCUT2D eigenvalue weighted by Crippen LogP contribution is -2.45. The van der Waals surface area contributed by atoms with Gasteiger partial charge in [-0.1, -0.05) is 17.7 Å². The van der Waals surface area contributed by atoms with E-state index in [9.17, 15) is 22.0 Å². The monoisotopic (exact) mass is 418 g/mol. The van der Waals surface area contributed by atoms with E-state index in [1.54, 1.807) is 0 Å². The summed E-state index contributed by atoms with van der Waals surface area (Å²) in [5, 5.41) is 2.22. The van der Waals surface area contributed by atoms with Crippen molar-refractivity contribution in [2.75, 3.05) is 23.0 Å². The summed E-state index contributed by atoms with van der Waals surface area (Å²) < 4.78 is 57.8. The van der Waals surface area contributed by atoms with Crippen LogP contribution in [-0.2, 0) is 14.8 Å². The third-order valence-corrected chi connectivity index (χ3v) is 5.23. The normalized spacial score (nSPS) is 12.4. The highest BCUT2D eigenvalue weighted by Crippen LogP contribution is 2.31. The zero-order valence-electron chi connectivity index (χ0n) is 14.7. The molecule has 1 atom stereocenters. The number of hydrogen-bond donors (Lipinski definition) is 1. The van der Waals surface area contributed by atoms with Crippen molar-refractivity contribution in [1.29, 1.82) is 0 Å². The summed E-state index contributed by atoms with van der Waals surface area (Å²) in [5.74, 6) is -2.56. The molecule has 0 spiro atoms. The van der Waals surface area contributed by atoms with Crippen LogP contribution in [0.5, 0.6) is 5.75 Å². The molecule has 0 unspecified atom stereocenters. The Bertz CT molecular complexity index is 949. The van der Waals surface area contributed by atoms with E-state index in [1.165, 1.54) is 32.2 Å². The summed E-state index contributed by atoms with van der Waals surface area (Å²) in [4.78, 5) is 12.5. The quantitative estimate of drug-likeness (QED) is 0.779. The van der Waals surface area contributed by atoms with E-state index in [2.05, 4.69) is 5.32 Å². The predicted molar refractivity (Wildman–Crippen MR) is 99.8 cm³/mol. The van der Waals surface area contributed by atoms with Gasteiger partial charge in [-0.15, -0.1) is 0 Å². The molecule has 1 amide bonds. The van der Waals surface area contributed by atoms with Gasteiger partial charge in [-0.3, -0.25) is 9.10 Å². The van der Waals surface area contributed by atoms with Gasteiger partial charge in [-0.25, -0.2) is 17.2 Å². The fourth-order valence-corrected chi connectivity index (χ4v) is 3.86. The third kappa shape index (κ3) is 4.67. The Morgan fingerprint density at radius 2 is 1.81 bits per heavy atom. The zero-order valence-corrected chi connectivity index (χ0v) is 16.2. The molecule has 0 bridgehead atoms. The minimum absolute atomic E-state index is 0.0972. The highest BCUT2D eigenvalue weighted by Gasteiger charge is 2.30. The van der Waals surface area contributed by atoms with Gasteiger partial charge in [-0.05, 0) is 37.3 Å². The van der Waals surface area contributed by atoms with Crippen LogP contribution in [0.2, 0.25) is 5.02 Å². The number of methoxy groups -OCH3 is 1. The molecular weight excluding hydrogens is 402 g/mol. The molecule has 146 valence electrons. The van der Waals surface area contributed by atoms with Gasteiger partial charge in [0.25, 0.3) is 0 Å². The minimum Gasteiger partial charge on any atom is -0.495 e. The Labute approximate surface area is 160 Å². The molecule has 0 saturated heterocycles. The average Bonchev–Trinajstić information content (AvgIpc) is 2.57. The van der Waals surface area contributed by atoms with Crippen LogP contribution in [0.1, 0.15) is 6.92 Å². The molecule has 10 heteroatoms. The van der Waals surface area contributed by atoms with E-state index in [0.717, 1.165) is 28.8 Å². The van der Waals surface area contributed by atoms with Gasteiger partial charge in [0.15, 0.2) is 0 Å². The van der Waals surface area contributed by atoms with Gasteiger partial charge >= 0.3 is 0 Å². The Hall–Kier alpha value is -2.39. The number of rotatable bonds is 6. The Kier molecular flexibility index (Phi) is 6.27. The van der Waals surface area contributed by atoms with Crippen LogP contribution in [0.25, 0.3) is 0 Å². The number of para-hydroxylation sites is 1. The molecule has 0 aliphatic rings. The molecule has 0 heterocycles. The number of ether oxygens (including phenoxy) is 1. The molecule has 0 aliphatic carbocycles. The second-order valence-electron chi connectivity index (χ2n) is 5.64. The fraction of sp³-hybridized carbons (Fsp3) is 0.235. The topological polar surface area (TPSA) is 75.7 Å². The molecule has 2 aromatic rings. The predicted octanol–water partition coefficient (Wildman–Crippen LogP) is 3.42. The number of nitrogens with one attached hydrogen (secondary N) is 1. The van der Waals surface area contributed by atoms with Crippen LogP contribution in [-0.4, -0.2) is 33.7 Å². The van der Waals surface area contributed by atoms with E-state index in [0.29, 0.717) is 5.75 Å². The van der Waals surface area contributed by atoms with Gasteiger partial charge in [0.2, 0.25) is 15.9 Å². The highest BCUT2D eigenvalue weighted by atomic mass is 35.5. The molecule has 2 aromatic carbocycles. The van der Waals surface area contributed by atoms with Crippen LogP contribution < -0.4 is 14.4 Å². The maximum absolute atomic E-state index is 13.8. The second-order valence-corrected chi connectivity index (χ2v) is 7.91. The van der Waals surface area contributed by atoms with E-state index in [-0.39, 0.29) is 10.7 Å². The lowest BCUT2D eigenvalue weighted by Gasteiger charge is -2.28. The molecule has 1 N–H and O–H groups in total. The first kappa shape index (κ1) is 20.9. The van der Waals surface area contributed by atoms with Gasteiger partial charge in [0, 0.05) is 0 Å². The van der Waals surface area contributed by atoms with Gasteiger partial charge < -0.3 is 10.1 Å². The van der Waals surface area contributed by atoms with Gasteiger partial charge in [0.1, 0.15) is 29.1 Å². The SMILES string of the molecule is COc1ccc(N([C@H](C)C(=O)Nc2c(F)cccc2F)S(C)(=O)=O)cc1Cl. The molecule has 0 radical (unpaired) electrons. The number of benzene rings is 2. The molecule has 6 nitrogen and oxygen atoms in total. The number of nitrogens with zero attached hydrogens (tertiary/aromatic N) is 1. The van der Waals surface area contributed by atoms with Crippen LogP contribution >= 0.6 is 11.6 Å². The summed E-state index contributed by atoms with van der Waals surface area (Å²) >= 11 is 6.03. The van der Waals surface area contributed by atoms with Crippen molar-refractivity contribution in [3.8, 4) is 5.75 Å². The van der Waals surface area contributed by atoms with Crippen molar-refractivity contribution >= 4 is 38.9 Å². The molecule has 0 aliphatic heterocycles. The van der Waals surface area contributed by atoms with Crippen LogP contribution in [0.15, 0.2) is 36.4 Å². The van der Waals surface area contributed by atoms with Gasteiger partial charge in [0.05, 0.1) is 24.1 Å². The molecule has 0 saturated carbocycles. The molecular formula is C17H17ClF2N2O4S. The minimum atomic E-state index is -3.93.